The Balaban J connectivity index is 4.52. The van der Waals surface area contributed by atoms with E-state index in [4.69, 9.17) is 13.3 Å². The van der Waals surface area contributed by atoms with Crippen molar-refractivity contribution in [1.29, 1.82) is 0 Å². The van der Waals surface area contributed by atoms with Crippen molar-refractivity contribution >= 4 is 18.8 Å². The first-order valence-electron chi connectivity index (χ1n) is 7.20. The van der Waals surface area contributed by atoms with E-state index in [0.717, 1.165) is 0 Å². The topological polar surface area (TPSA) is 73.9 Å². The Morgan fingerprint density at radius 3 is 1.80 bits per heavy atom. The lowest BCUT2D eigenvalue weighted by Crippen LogP contribution is -2.48. The fourth-order valence-corrected chi connectivity index (χ4v) is 5.88. The molecule has 1 N–H and O–H groups in total. The maximum Gasteiger partial charge on any atom is 0.502 e. The molecule has 0 amide bonds. The zero-order valence-electron chi connectivity index (χ0n) is 13.3. The lowest BCUT2D eigenvalue weighted by Gasteiger charge is -2.28. The van der Waals surface area contributed by atoms with Crippen LogP contribution >= 0.6 is 0 Å². The van der Waals surface area contributed by atoms with Crippen LogP contribution in [-0.2, 0) is 23.3 Å². The monoisotopic (exact) mass is 327 g/mol. The van der Waals surface area contributed by atoms with E-state index in [2.05, 4.69) is 4.72 Å². The molecule has 0 aromatic carbocycles. The van der Waals surface area contributed by atoms with Crippen LogP contribution in [-0.4, -0.2) is 49.3 Å². The van der Waals surface area contributed by atoms with Crippen LogP contribution in [0.4, 0.5) is 0 Å². The zero-order valence-corrected chi connectivity index (χ0v) is 15.1. The van der Waals surface area contributed by atoms with Crippen LogP contribution in [0.5, 0.6) is 0 Å². The summed E-state index contributed by atoms with van der Waals surface area (Å²) in [4.78, 5) is 0. The molecule has 122 valence electrons. The molecule has 0 bridgehead atoms. The molecule has 0 spiro atoms. The molecule has 6 nitrogen and oxygen atoms in total. The fourth-order valence-electron chi connectivity index (χ4n) is 1.86. The summed E-state index contributed by atoms with van der Waals surface area (Å²) < 4.78 is 43.2. The highest BCUT2D eigenvalue weighted by molar-refractivity contribution is 7.89. The Labute approximate surface area is 124 Å². The Bertz CT molecular complexity index is 331. The molecule has 0 atom stereocenters. The van der Waals surface area contributed by atoms with Crippen LogP contribution < -0.4 is 4.72 Å². The lowest BCUT2D eigenvalue weighted by molar-refractivity contribution is 0.0717. The smallest absolute Gasteiger partial charge is 0.374 e. The molecule has 20 heavy (non-hydrogen) atoms. The van der Waals surface area contributed by atoms with Crippen LogP contribution in [0.3, 0.4) is 0 Å². The second-order valence-electron chi connectivity index (χ2n) is 4.80. The minimum atomic E-state index is -3.24. The van der Waals surface area contributed by atoms with Crippen molar-refractivity contribution in [1.82, 2.24) is 4.72 Å². The van der Waals surface area contributed by atoms with E-state index in [9.17, 15) is 8.42 Å². The zero-order chi connectivity index (χ0) is 15.6. The van der Waals surface area contributed by atoms with Crippen molar-refractivity contribution < 1.29 is 21.7 Å². The highest BCUT2D eigenvalue weighted by Crippen LogP contribution is 2.15. The van der Waals surface area contributed by atoms with Gasteiger partial charge < -0.3 is 13.3 Å². The SMILES string of the molecule is CCO[Si](CCNS(=O)(=O)CC(C)C)(OCC)OCC. The van der Waals surface area contributed by atoms with Crippen LogP contribution in [0.15, 0.2) is 0 Å². The Morgan fingerprint density at radius 1 is 1.00 bits per heavy atom. The average molecular weight is 328 g/mol. The maximum absolute atomic E-state index is 11.8. The summed E-state index contributed by atoms with van der Waals surface area (Å²) in [5.41, 5.74) is 0. The lowest BCUT2D eigenvalue weighted by atomic mass is 10.3. The van der Waals surface area contributed by atoms with Crippen LogP contribution in [0.25, 0.3) is 0 Å². The average Bonchev–Trinajstić information content (AvgIpc) is 2.27. The molecule has 0 aliphatic rings. The van der Waals surface area contributed by atoms with Gasteiger partial charge in [-0.3, -0.25) is 0 Å². The van der Waals surface area contributed by atoms with Crippen molar-refractivity contribution in [3.63, 3.8) is 0 Å². The van der Waals surface area contributed by atoms with Gasteiger partial charge in [-0.1, -0.05) is 13.8 Å². The highest BCUT2D eigenvalue weighted by Gasteiger charge is 2.40. The van der Waals surface area contributed by atoms with Crippen LogP contribution in [0, 0.1) is 5.92 Å². The van der Waals surface area contributed by atoms with E-state index >= 15 is 0 Å². The molecule has 0 aliphatic heterocycles. The fraction of sp³-hybridized carbons (Fsp3) is 1.00. The third-order valence-corrected chi connectivity index (χ3v) is 7.20. The first-order chi connectivity index (χ1) is 9.31. The molecule has 0 radical (unpaired) electrons. The molecule has 0 aliphatic carbocycles. The van der Waals surface area contributed by atoms with Crippen LogP contribution in [0.1, 0.15) is 34.6 Å². The van der Waals surface area contributed by atoms with Gasteiger partial charge in [0.1, 0.15) is 0 Å². The highest BCUT2D eigenvalue weighted by atomic mass is 32.2. The molecule has 0 saturated carbocycles. The van der Waals surface area contributed by atoms with Crippen molar-refractivity contribution in [3.8, 4) is 0 Å². The molecule has 0 saturated heterocycles. The van der Waals surface area contributed by atoms with Crippen LogP contribution in [0.2, 0.25) is 6.04 Å². The normalized spacial score (nSPS) is 13.1. The first kappa shape index (κ1) is 20.0. The standard InChI is InChI=1S/C12H29NO5SSi/c1-6-16-20(17-7-2,18-8-3)10-9-13-19(14,15)11-12(4)5/h12-13H,6-11H2,1-5H3. The largest absolute Gasteiger partial charge is 0.502 e. The summed E-state index contributed by atoms with van der Waals surface area (Å²) >= 11 is 0. The Kier molecular flexibility index (Phi) is 9.86. The quantitative estimate of drug-likeness (QED) is 0.551. The van der Waals surface area contributed by atoms with Gasteiger partial charge in [0.05, 0.1) is 5.75 Å². The third-order valence-electron chi connectivity index (χ3n) is 2.40. The molecule has 8 heteroatoms. The first-order valence-corrected chi connectivity index (χ1v) is 10.8. The van der Waals surface area contributed by atoms with Gasteiger partial charge in [0.15, 0.2) is 0 Å². The van der Waals surface area contributed by atoms with E-state index < -0.39 is 18.8 Å². The van der Waals surface area contributed by atoms with E-state index in [0.29, 0.717) is 25.9 Å². The van der Waals surface area contributed by atoms with Gasteiger partial charge in [-0.15, -0.1) is 0 Å². The molecule has 0 unspecified atom stereocenters. The summed E-state index contributed by atoms with van der Waals surface area (Å²) in [7, 11) is -6.00. The van der Waals surface area contributed by atoms with E-state index in [-0.39, 0.29) is 18.2 Å². The Hall–Kier alpha value is 0.00688. The molecule has 0 rings (SSSR count). The number of hydrogen-bond acceptors (Lipinski definition) is 5. The van der Waals surface area contributed by atoms with Gasteiger partial charge in [-0.05, 0) is 26.7 Å². The predicted octanol–water partition coefficient (Wildman–Crippen LogP) is 1.61. The summed E-state index contributed by atoms with van der Waals surface area (Å²) in [6.45, 7) is 11.1. The van der Waals surface area contributed by atoms with E-state index in [1.54, 1.807) is 0 Å². The maximum atomic E-state index is 11.8. The van der Waals surface area contributed by atoms with E-state index in [1.807, 2.05) is 34.6 Å². The Morgan fingerprint density at radius 2 is 1.45 bits per heavy atom. The van der Waals surface area contributed by atoms with Gasteiger partial charge in [0.25, 0.3) is 0 Å². The van der Waals surface area contributed by atoms with Crippen molar-refractivity contribution in [3.05, 3.63) is 0 Å². The van der Waals surface area contributed by atoms with Gasteiger partial charge >= 0.3 is 8.80 Å². The molecule has 0 fully saturated rings. The van der Waals surface area contributed by atoms with Crippen molar-refractivity contribution in [2.45, 2.75) is 40.7 Å². The minimum Gasteiger partial charge on any atom is -0.374 e. The van der Waals surface area contributed by atoms with Gasteiger partial charge in [-0.2, -0.15) is 0 Å². The number of hydrogen-bond donors (Lipinski definition) is 1. The number of rotatable bonds is 12. The summed E-state index contributed by atoms with van der Waals surface area (Å²) in [6, 6.07) is 0.444. The number of nitrogens with one attached hydrogen (secondary N) is 1. The van der Waals surface area contributed by atoms with Gasteiger partial charge in [0.2, 0.25) is 10.0 Å². The third kappa shape index (κ3) is 8.33. The van der Waals surface area contributed by atoms with Crippen molar-refractivity contribution in [2.24, 2.45) is 5.92 Å². The molecule has 0 heterocycles. The summed E-state index contributed by atoms with van der Waals surface area (Å²) in [5.74, 6) is 0.222. The molecule has 0 aromatic rings. The molecular weight excluding hydrogens is 298 g/mol. The summed E-state index contributed by atoms with van der Waals surface area (Å²) in [6.07, 6.45) is 0. The second-order valence-corrected chi connectivity index (χ2v) is 9.39. The predicted molar refractivity (Wildman–Crippen MR) is 82.1 cm³/mol. The summed E-state index contributed by atoms with van der Waals surface area (Å²) in [5, 5.41) is 0. The molecular formula is C12H29NO5SSi. The second kappa shape index (κ2) is 9.86. The van der Waals surface area contributed by atoms with Gasteiger partial charge in [-0.25, -0.2) is 13.1 Å². The van der Waals surface area contributed by atoms with Gasteiger partial charge in [0, 0.05) is 32.4 Å². The van der Waals surface area contributed by atoms with E-state index in [1.165, 1.54) is 0 Å². The molecule has 0 aromatic heterocycles. The number of sulfonamides is 1. The minimum absolute atomic E-state index is 0.0974. The van der Waals surface area contributed by atoms with Crippen molar-refractivity contribution in [2.75, 3.05) is 32.1 Å².